The standard InChI is InChI=1S/C23H22N4O2/c1-2-22(28)27-12-10-20-13-19(7-8-21(20)27)17-3-5-18(6-4-17)23(29)24-14-16-9-11-25-26-15-16/h3-9,11,13,15H,2,10,12,14H2,1H3,(H,24,29). The van der Waals surface area contributed by atoms with Crippen LogP contribution in [0, 0.1) is 0 Å². The Kier molecular flexibility index (Phi) is 5.33. The molecule has 1 aromatic heterocycles. The highest BCUT2D eigenvalue weighted by atomic mass is 16.2. The smallest absolute Gasteiger partial charge is 0.251 e. The van der Waals surface area contributed by atoms with Crippen molar-refractivity contribution in [3.8, 4) is 11.1 Å². The van der Waals surface area contributed by atoms with E-state index in [4.69, 9.17) is 0 Å². The molecule has 0 fully saturated rings. The van der Waals surface area contributed by atoms with Gasteiger partial charge in [-0.3, -0.25) is 9.59 Å². The third-order valence-electron chi connectivity index (χ3n) is 5.16. The Bertz CT molecular complexity index is 1030. The van der Waals surface area contributed by atoms with Crippen LogP contribution in [0.3, 0.4) is 0 Å². The molecule has 1 aliphatic rings. The summed E-state index contributed by atoms with van der Waals surface area (Å²) in [6, 6.07) is 15.6. The van der Waals surface area contributed by atoms with Crippen LogP contribution in [0.15, 0.2) is 60.9 Å². The van der Waals surface area contributed by atoms with Crippen LogP contribution in [0.5, 0.6) is 0 Å². The van der Waals surface area contributed by atoms with Crippen molar-refractivity contribution >= 4 is 17.5 Å². The van der Waals surface area contributed by atoms with Crippen molar-refractivity contribution in [3.63, 3.8) is 0 Å². The summed E-state index contributed by atoms with van der Waals surface area (Å²) in [4.78, 5) is 26.3. The van der Waals surface area contributed by atoms with Gasteiger partial charge in [0.1, 0.15) is 0 Å². The normalized spacial score (nSPS) is 12.5. The number of anilines is 1. The average Bonchev–Trinajstić information content (AvgIpc) is 3.21. The lowest BCUT2D eigenvalue weighted by Gasteiger charge is -2.16. The summed E-state index contributed by atoms with van der Waals surface area (Å²) in [7, 11) is 0. The number of benzene rings is 2. The molecule has 1 aliphatic heterocycles. The molecule has 2 heterocycles. The first-order valence-corrected chi connectivity index (χ1v) is 9.73. The molecule has 29 heavy (non-hydrogen) atoms. The predicted octanol–water partition coefficient (Wildman–Crippen LogP) is 3.37. The van der Waals surface area contributed by atoms with Crippen molar-refractivity contribution in [2.24, 2.45) is 0 Å². The fraction of sp³-hybridized carbons (Fsp3) is 0.217. The topological polar surface area (TPSA) is 75.2 Å². The van der Waals surface area contributed by atoms with E-state index in [0.717, 1.165) is 35.3 Å². The van der Waals surface area contributed by atoms with Crippen LogP contribution in [0.2, 0.25) is 0 Å². The third-order valence-corrected chi connectivity index (χ3v) is 5.16. The van der Waals surface area contributed by atoms with Crippen molar-refractivity contribution in [1.82, 2.24) is 15.5 Å². The minimum absolute atomic E-state index is 0.129. The van der Waals surface area contributed by atoms with Crippen molar-refractivity contribution in [3.05, 3.63) is 77.6 Å². The Morgan fingerprint density at radius 1 is 1.03 bits per heavy atom. The second-order valence-corrected chi connectivity index (χ2v) is 7.00. The van der Waals surface area contributed by atoms with Crippen LogP contribution in [0.4, 0.5) is 5.69 Å². The number of hydrogen-bond acceptors (Lipinski definition) is 4. The number of carbonyl (C=O) groups is 2. The van der Waals surface area contributed by atoms with Gasteiger partial charge < -0.3 is 10.2 Å². The summed E-state index contributed by atoms with van der Waals surface area (Å²) in [5.74, 6) is 0.0328. The van der Waals surface area contributed by atoms with Crippen molar-refractivity contribution in [2.45, 2.75) is 26.3 Å². The number of rotatable bonds is 5. The van der Waals surface area contributed by atoms with Crippen molar-refractivity contribution in [2.75, 3.05) is 11.4 Å². The van der Waals surface area contributed by atoms with Crippen LogP contribution < -0.4 is 10.2 Å². The zero-order valence-corrected chi connectivity index (χ0v) is 16.3. The van der Waals surface area contributed by atoms with Crippen LogP contribution in [0.1, 0.15) is 34.8 Å². The Morgan fingerprint density at radius 2 is 1.83 bits per heavy atom. The first-order chi connectivity index (χ1) is 14.2. The maximum atomic E-state index is 12.4. The van der Waals surface area contributed by atoms with Crippen LogP contribution in [-0.4, -0.2) is 28.6 Å². The third kappa shape index (κ3) is 4.01. The van der Waals surface area contributed by atoms with Crippen molar-refractivity contribution < 1.29 is 9.59 Å². The Labute approximate surface area is 169 Å². The zero-order chi connectivity index (χ0) is 20.2. The molecule has 0 saturated heterocycles. The minimum Gasteiger partial charge on any atom is -0.348 e. The number of carbonyl (C=O) groups excluding carboxylic acids is 2. The summed E-state index contributed by atoms with van der Waals surface area (Å²) >= 11 is 0. The summed E-state index contributed by atoms with van der Waals surface area (Å²) in [5, 5.41) is 10.4. The number of hydrogen-bond donors (Lipinski definition) is 1. The van der Waals surface area contributed by atoms with E-state index in [9.17, 15) is 9.59 Å². The van der Waals surface area contributed by atoms with Gasteiger partial charge in [0.2, 0.25) is 5.91 Å². The van der Waals surface area contributed by atoms with Gasteiger partial charge in [-0.25, -0.2) is 0 Å². The monoisotopic (exact) mass is 386 g/mol. The van der Waals surface area contributed by atoms with Gasteiger partial charge in [0.05, 0.1) is 6.20 Å². The van der Waals surface area contributed by atoms with Gasteiger partial charge in [-0.15, -0.1) is 0 Å². The molecule has 6 nitrogen and oxygen atoms in total. The molecule has 4 rings (SSSR count). The molecule has 0 bridgehead atoms. The molecule has 0 atom stereocenters. The number of nitrogens with one attached hydrogen (secondary N) is 1. The second-order valence-electron chi connectivity index (χ2n) is 7.00. The molecule has 0 saturated carbocycles. The van der Waals surface area contributed by atoms with Gasteiger partial charge in [0, 0.05) is 37.0 Å². The van der Waals surface area contributed by atoms with Gasteiger partial charge in [-0.1, -0.05) is 25.1 Å². The van der Waals surface area contributed by atoms with Crippen molar-refractivity contribution in [1.29, 1.82) is 0 Å². The highest BCUT2D eigenvalue weighted by Gasteiger charge is 2.23. The minimum atomic E-state index is -0.129. The number of amides is 2. The second kappa shape index (κ2) is 8.22. The summed E-state index contributed by atoms with van der Waals surface area (Å²) in [6.45, 7) is 3.05. The highest BCUT2D eigenvalue weighted by molar-refractivity contribution is 5.96. The van der Waals surface area contributed by atoms with Gasteiger partial charge in [0.25, 0.3) is 5.91 Å². The molecule has 0 aliphatic carbocycles. The van der Waals surface area contributed by atoms with E-state index in [-0.39, 0.29) is 11.8 Å². The molecule has 3 aromatic rings. The number of aromatic nitrogens is 2. The maximum Gasteiger partial charge on any atom is 0.251 e. The zero-order valence-electron chi connectivity index (χ0n) is 16.3. The van der Waals surface area contributed by atoms with E-state index >= 15 is 0 Å². The first kappa shape index (κ1) is 18.8. The van der Waals surface area contributed by atoms with Gasteiger partial charge in [-0.05, 0) is 59.0 Å². The molecule has 0 unspecified atom stereocenters. The molecule has 2 amide bonds. The van der Waals surface area contributed by atoms with Gasteiger partial charge >= 0.3 is 0 Å². The van der Waals surface area contributed by atoms with Crippen LogP contribution in [0.25, 0.3) is 11.1 Å². The number of nitrogens with zero attached hydrogens (tertiary/aromatic N) is 3. The summed E-state index contributed by atoms with van der Waals surface area (Å²) in [6.07, 6.45) is 4.62. The Morgan fingerprint density at radius 3 is 2.55 bits per heavy atom. The van der Waals surface area contributed by atoms with E-state index in [1.807, 2.05) is 54.3 Å². The summed E-state index contributed by atoms with van der Waals surface area (Å²) < 4.78 is 0. The molecule has 0 radical (unpaired) electrons. The maximum absolute atomic E-state index is 12.4. The first-order valence-electron chi connectivity index (χ1n) is 9.73. The lowest BCUT2D eigenvalue weighted by Crippen LogP contribution is -2.27. The quantitative estimate of drug-likeness (QED) is 0.729. The van der Waals surface area contributed by atoms with Crippen LogP contribution in [-0.2, 0) is 17.8 Å². The Balaban J connectivity index is 1.45. The van der Waals surface area contributed by atoms with E-state index in [0.29, 0.717) is 18.5 Å². The molecule has 2 aromatic carbocycles. The van der Waals surface area contributed by atoms with Gasteiger partial charge in [-0.2, -0.15) is 10.2 Å². The van der Waals surface area contributed by atoms with Gasteiger partial charge in [0.15, 0.2) is 0 Å². The molecular formula is C23H22N4O2. The fourth-order valence-corrected chi connectivity index (χ4v) is 3.55. The predicted molar refractivity (Wildman–Crippen MR) is 111 cm³/mol. The SMILES string of the molecule is CCC(=O)N1CCc2cc(-c3ccc(C(=O)NCc4ccnnc4)cc3)ccc21. The van der Waals surface area contributed by atoms with E-state index in [2.05, 4.69) is 21.6 Å². The lowest BCUT2D eigenvalue weighted by molar-refractivity contribution is -0.118. The van der Waals surface area contributed by atoms with Crippen LogP contribution >= 0.6 is 0 Å². The van der Waals surface area contributed by atoms with E-state index in [1.165, 1.54) is 5.56 Å². The van der Waals surface area contributed by atoms with E-state index in [1.54, 1.807) is 12.4 Å². The molecule has 1 N–H and O–H groups in total. The van der Waals surface area contributed by atoms with E-state index < -0.39 is 0 Å². The molecule has 0 spiro atoms. The number of fused-ring (bicyclic) bond motifs is 1. The summed E-state index contributed by atoms with van der Waals surface area (Å²) in [5.41, 5.74) is 5.85. The average molecular weight is 386 g/mol. The largest absolute Gasteiger partial charge is 0.348 e. The molecular weight excluding hydrogens is 364 g/mol. The molecule has 146 valence electrons. The molecule has 6 heteroatoms. The lowest BCUT2D eigenvalue weighted by atomic mass is 10.0. The highest BCUT2D eigenvalue weighted by Crippen LogP contribution is 2.32. The fourth-order valence-electron chi connectivity index (χ4n) is 3.55. The Hall–Kier alpha value is -3.54.